The van der Waals surface area contributed by atoms with Crippen LogP contribution >= 0.6 is 0 Å². The topological polar surface area (TPSA) is 55.6 Å². The number of amides is 1. The monoisotopic (exact) mass is 254 g/mol. The SMILES string of the molecule is CCN(C(=O)c1cc(N)cc(F)c1)C(C)COC. The molecule has 1 aromatic rings. The largest absolute Gasteiger partial charge is 0.399 e. The minimum Gasteiger partial charge on any atom is -0.399 e. The maximum absolute atomic E-state index is 13.2. The van der Waals surface area contributed by atoms with Crippen molar-refractivity contribution in [1.29, 1.82) is 0 Å². The van der Waals surface area contributed by atoms with Gasteiger partial charge in [0.2, 0.25) is 0 Å². The molecule has 5 heteroatoms. The second-order valence-electron chi connectivity index (χ2n) is 4.17. The Kier molecular flexibility index (Phi) is 5.09. The molecule has 0 aliphatic carbocycles. The number of methoxy groups -OCH3 is 1. The number of nitrogen functional groups attached to an aromatic ring is 1. The molecule has 0 saturated heterocycles. The first-order valence-corrected chi connectivity index (χ1v) is 5.85. The maximum atomic E-state index is 13.2. The zero-order valence-electron chi connectivity index (χ0n) is 10.9. The molecule has 0 bridgehead atoms. The third kappa shape index (κ3) is 3.43. The summed E-state index contributed by atoms with van der Waals surface area (Å²) in [7, 11) is 1.58. The maximum Gasteiger partial charge on any atom is 0.254 e. The Balaban J connectivity index is 2.96. The Hall–Kier alpha value is -1.62. The van der Waals surface area contributed by atoms with Crippen molar-refractivity contribution in [3.8, 4) is 0 Å². The molecule has 1 unspecified atom stereocenters. The van der Waals surface area contributed by atoms with E-state index in [1.54, 1.807) is 12.0 Å². The van der Waals surface area contributed by atoms with E-state index < -0.39 is 5.82 Å². The van der Waals surface area contributed by atoms with Crippen LogP contribution in [0.5, 0.6) is 0 Å². The summed E-state index contributed by atoms with van der Waals surface area (Å²) < 4.78 is 18.3. The van der Waals surface area contributed by atoms with Crippen LogP contribution in [0.1, 0.15) is 24.2 Å². The summed E-state index contributed by atoms with van der Waals surface area (Å²) in [4.78, 5) is 13.9. The summed E-state index contributed by atoms with van der Waals surface area (Å²) in [5, 5.41) is 0. The van der Waals surface area contributed by atoms with Crippen molar-refractivity contribution >= 4 is 11.6 Å². The molecule has 0 aromatic heterocycles. The molecule has 2 N–H and O–H groups in total. The standard InChI is InChI=1S/C13H19FN2O2/c1-4-16(9(2)8-18-3)13(17)10-5-11(14)7-12(15)6-10/h5-7,9H,4,8,15H2,1-3H3. The summed E-state index contributed by atoms with van der Waals surface area (Å²) >= 11 is 0. The van der Waals surface area contributed by atoms with Gasteiger partial charge in [-0.1, -0.05) is 0 Å². The summed E-state index contributed by atoms with van der Waals surface area (Å²) in [5.74, 6) is -0.748. The quantitative estimate of drug-likeness (QED) is 0.816. The van der Waals surface area contributed by atoms with Crippen LogP contribution < -0.4 is 5.73 Å². The lowest BCUT2D eigenvalue weighted by Gasteiger charge is -2.27. The Morgan fingerprint density at radius 2 is 2.17 bits per heavy atom. The molecular formula is C13H19FN2O2. The molecule has 1 aromatic carbocycles. The average molecular weight is 254 g/mol. The highest BCUT2D eigenvalue weighted by Crippen LogP contribution is 2.14. The van der Waals surface area contributed by atoms with Gasteiger partial charge >= 0.3 is 0 Å². The van der Waals surface area contributed by atoms with E-state index in [4.69, 9.17) is 10.5 Å². The van der Waals surface area contributed by atoms with Gasteiger partial charge in [-0.25, -0.2) is 4.39 Å². The number of likely N-dealkylation sites (N-methyl/N-ethyl adjacent to an activating group) is 1. The lowest BCUT2D eigenvalue weighted by atomic mass is 10.1. The van der Waals surface area contributed by atoms with E-state index in [2.05, 4.69) is 0 Å². The molecule has 1 atom stereocenters. The molecule has 0 saturated carbocycles. The molecule has 4 nitrogen and oxygen atoms in total. The van der Waals surface area contributed by atoms with Crippen LogP contribution in [0.3, 0.4) is 0 Å². The van der Waals surface area contributed by atoms with Crippen molar-refractivity contribution in [2.45, 2.75) is 19.9 Å². The van der Waals surface area contributed by atoms with Gasteiger partial charge in [-0.05, 0) is 32.0 Å². The van der Waals surface area contributed by atoms with E-state index in [1.807, 2.05) is 13.8 Å². The molecular weight excluding hydrogens is 235 g/mol. The number of halogens is 1. The zero-order valence-corrected chi connectivity index (χ0v) is 10.9. The zero-order chi connectivity index (χ0) is 13.7. The molecule has 0 aliphatic rings. The Labute approximate surface area is 107 Å². The summed E-state index contributed by atoms with van der Waals surface area (Å²) in [6.45, 7) is 4.71. The van der Waals surface area contributed by atoms with Crippen molar-refractivity contribution in [2.75, 3.05) is 26.0 Å². The number of hydrogen-bond donors (Lipinski definition) is 1. The fourth-order valence-electron chi connectivity index (χ4n) is 1.89. The number of anilines is 1. The molecule has 1 rings (SSSR count). The third-order valence-corrected chi connectivity index (χ3v) is 2.71. The number of benzene rings is 1. The van der Waals surface area contributed by atoms with Gasteiger partial charge in [-0.15, -0.1) is 0 Å². The summed E-state index contributed by atoms with van der Waals surface area (Å²) in [6, 6.07) is 3.79. The lowest BCUT2D eigenvalue weighted by Crippen LogP contribution is -2.41. The second kappa shape index (κ2) is 6.35. The first-order valence-electron chi connectivity index (χ1n) is 5.85. The van der Waals surface area contributed by atoms with Crippen LogP contribution in [0.25, 0.3) is 0 Å². The van der Waals surface area contributed by atoms with Crippen molar-refractivity contribution in [3.05, 3.63) is 29.6 Å². The number of nitrogens with zero attached hydrogens (tertiary/aromatic N) is 1. The van der Waals surface area contributed by atoms with Gasteiger partial charge < -0.3 is 15.4 Å². The molecule has 18 heavy (non-hydrogen) atoms. The van der Waals surface area contributed by atoms with E-state index in [0.29, 0.717) is 13.2 Å². The lowest BCUT2D eigenvalue weighted by molar-refractivity contribution is 0.0579. The molecule has 0 radical (unpaired) electrons. The highest BCUT2D eigenvalue weighted by molar-refractivity contribution is 5.95. The minimum atomic E-state index is -0.506. The predicted octanol–water partition coefficient (Wildman–Crippen LogP) is 1.90. The smallest absolute Gasteiger partial charge is 0.254 e. The van der Waals surface area contributed by atoms with E-state index in [1.165, 1.54) is 18.2 Å². The number of nitrogens with two attached hydrogens (primary N) is 1. The summed E-state index contributed by atoms with van der Waals surface area (Å²) in [6.07, 6.45) is 0. The van der Waals surface area contributed by atoms with E-state index in [9.17, 15) is 9.18 Å². The first-order chi connectivity index (χ1) is 8.49. The Morgan fingerprint density at radius 3 is 2.67 bits per heavy atom. The fraction of sp³-hybridized carbons (Fsp3) is 0.462. The Morgan fingerprint density at radius 1 is 1.50 bits per heavy atom. The number of carbonyl (C=O) groups is 1. The molecule has 0 fully saturated rings. The molecule has 0 spiro atoms. The van der Waals surface area contributed by atoms with Crippen molar-refractivity contribution in [1.82, 2.24) is 4.90 Å². The molecule has 0 heterocycles. The minimum absolute atomic E-state index is 0.0722. The molecule has 0 aliphatic heterocycles. The van der Waals surface area contributed by atoms with Crippen LogP contribution in [-0.2, 0) is 4.74 Å². The Bertz CT molecular complexity index is 403. The van der Waals surface area contributed by atoms with E-state index in [0.717, 1.165) is 0 Å². The van der Waals surface area contributed by atoms with Crippen molar-refractivity contribution in [3.63, 3.8) is 0 Å². The normalized spacial score (nSPS) is 12.2. The molecule has 100 valence electrons. The van der Waals surface area contributed by atoms with Crippen LogP contribution in [0, 0.1) is 5.82 Å². The van der Waals surface area contributed by atoms with Gasteiger partial charge in [0.25, 0.3) is 5.91 Å². The number of hydrogen-bond acceptors (Lipinski definition) is 3. The van der Waals surface area contributed by atoms with Crippen molar-refractivity contribution < 1.29 is 13.9 Å². The van der Waals surface area contributed by atoms with Crippen LogP contribution in [0.2, 0.25) is 0 Å². The van der Waals surface area contributed by atoms with Crippen LogP contribution in [-0.4, -0.2) is 37.1 Å². The highest BCUT2D eigenvalue weighted by Gasteiger charge is 2.20. The predicted molar refractivity (Wildman–Crippen MR) is 68.9 cm³/mol. The fourth-order valence-corrected chi connectivity index (χ4v) is 1.89. The third-order valence-electron chi connectivity index (χ3n) is 2.71. The van der Waals surface area contributed by atoms with Crippen LogP contribution in [0.15, 0.2) is 18.2 Å². The van der Waals surface area contributed by atoms with Gasteiger partial charge in [0.05, 0.1) is 12.6 Å². The van der Waals surface area contributed by atoms with Gasteiger partial charge in [-0.2, -0.15) is 0 Å². The van der Waals surface area contributed by atoms with Gasteiger partial charge in [0, 0.05) is 24.9 Å². The number of rotatable bonds is 5. The molecule has 1 amide bonds. The first kappa shape index (κ1) is 14.4. The van der Waals surface area contributed by atoms with E-state index in [-0.39, 0.29) is 23.2 Å². The number of carbonyl (C=O) groups excluding carboxylic acids is 1. The van der Waals surface area contributed by atoms with Crippen LogP contribution in [0.4, 0.5) is 10.1 Å². The average Bonchev–Trinajstić information content (AvgIpc) is 2.28. The number of ether oxygens (including phenoxy) is 1. The second-order valence-corrected chi connectivity index (χ2v) is 4.17. The summed E-state index contributed by atoms with van der Waals surface area (Å²) in [5.41, 5.74) is 6.04. The van der Waals surface area contributed by atoms with Gasteiger partial charge in [0.1, 0.15) is 5.82 Å². The van der Waals surface area contributed by atoms with Gasteiger partial charge in [0.15, 0.2) is 0 Å². The van der Waals surface area contributed by atoms with Gasteiger partial charge in [-0.3, -0.25) is 4.79 Å². The van der Waals surface area contributed by atoms with Crippen molar-refractivity contribution in [2.24, 2.45) is 0 Å². The highest BCUT2D eigenvalue weighted by atomic mass is 19.1. The van der Waals surface area contributed by atoms with E-state index >= 15 is 0 Å².